The van der Waals surface area contributed by atoms with Gasteiger partial charge in [0.25, 0.3) is 0 Å². The van der Waals surface area contributed by atoms with Gasteiger partial charge in [0, 0.05) is 11.3 Å². The lowest BCUT2D eigenvalue weighted by Crippen LogP contribution is -2.39. The summed E-state index contributed by atoms with van der Waals surface area (Å²) in [4.78, 5) is 2.29. The van der Waals surface area contributed by atoms with Gasteiger partial charge in [-0.05, 0) is 65.6 Å². The fraction of sp³-hybridized carbons (Fsp3) is 0.190. The van der Waals surface area contributed by atoms with Gasteiger partial charge in [-0.15, -0.1) is 0 Å². The van der Waals surface area contributed by atoms with E-state index in [1.807, 2.05) is 0 Å². The Kier molecular flexibility index (Phi) is 3.68. The molecule has 0 unspecified atom stereocenters. The predicted molar refractivity (Wildman–Crippen MR) is 109 cm³/mol. The van der Waals surface area contributed by atoms with Crippen LogP contribution in [0.15, 0.2) is 64.4 Å². The van der Waals surface area contributed by atoms with E-state index in [4.69, 9.17) is 5.10 Å². The average Bonchev–Trinajstić information content (AvgIpc) is 3.32. The van der Waals surface area contributed by atoms with Crippen molar-refractivity contribution in [3.8, 4) is 0 Å². The number of nitrogens with zero attached hydrogens (tertiary/aromatic N) is 3. The van der Waals surface area contributed by atoms with Crippen LogP contribution in [0, 0.1) is 6.92 Å². The van der Waals surface area contributed by atoms with Crippen LogP contribution in [0.1, 0.15) is 22.3 Å². The summed E-state index contributed by atoms with van der Waals surface area (Å²) in [6.07, 6.45) is 0.964. The number of hydrazone groups is 1. The minimum atomic E-state index is 0.777. The highest BCUT2D eigenvalue weighted by Gasteiger charge is 2.30. The monoisotopic (exact) mass is 360 g/mol. The molecule has 0 bridgehead atoms. The molecular weight excluding hydrogens is 340 g/mol. The average molecular weight is 360 g/mol. The van der Waals surface area contributed by atoms with E-state index in [0.29, 0.717) is 0 Å². The van der Waals surface area contributed by atoms with E-state index in [2.05, 4.69) is 81.4 Å². The first-order chi connectivity index (χ1) is 12.8. The maximum atomic E-state index is 4.93. The first-order valence-corrected chi connectivity index (χ1v) is 9.76. The second-order valence-electron chi connectivity index (χ2n) is 6.86. The van der Waals surface area contributed by atoms with Gasteiger partial charge in [0.15, 0.2) is 5.84 Å². The van der Waals surface area contributed by atoms with E-state index in [9.17, 15) is 0 Å². The normalized spacial score (nSPS) is 15.3. The van der Waals surface area contributed by atoms with E-state index >= 15 is 0 Å². The molecule has 3 aromatic rings. The molecule has 5 rings (SSSR count). The molecule has 0 atom stereocenters. The maximum Gasteiger partial charge on any atom is 0.161 e. The summed E-state index contributed by atoms with van der Waals surface area (Å²) in [5.41, 5.74) is 7.45. The van der Waals surface area contributed by atoms with E-state index < -0.39 is 0 Å². The summed E-state index contributed by atoms with van der Waals surface area (Å²) < 4.78 is 0. The second-order valence-corrected chi connectivity index (χ2v) is 7.64. The van der Waals surface area contributed by atoms with Crippen molar-refractivity contribution in [2.45, 2.75) is 13.3 Å². The van der Waals surface area contributed by atoms with Gasteiger partial charge in [0.05, 0.1) is 12.4 Å². The third-order valence-corrected chi connectivity index (χ3v) is 5.66. The molecule has 26 heavy (non-hydrogen) atoms. The molecule has 2 aliphatic rings. The zero-order valence-corrected chi connectivity index (χ0v) is 15.5. The summed E-state index contributed by atoms with van der Waals surface area (Å²) in [5.74, 6) is 1.06. The Bertz CT molecular complexity index is 960. The summed E-state index contributed by atoms with van der Waals surface area (Å²) in [6.45, 7) is 3.68. The Hall–Kier alpha value is -2.79. The number of anilines is 2. The first-order valence-electron chi connectivity index (χ1n) is 8.82. The quantitative estimate of drug-likeness (QED) is 0.747. The maximum absolute atomic E-state index is 4.93. The van der Waals surface area contributed by atoms with Crippen LogP contribution >= 0.6 is 11.3 Å². The molecule has 0 saturated carbocycles. The van der Waals surface area contributed by atoms with Crippen molar-refractivity contribution in [1.29, 1.82) is 0 Å². The smallest absolute Gasteiger partial charge is 0.161 e. The molecule has 0 amide bonds. The largest absolute Gasteiger partial charge is 0.367 e. The van der Waals surface area contributed by atoms with Crippen LogP contribution in [-0.2, 0) is 6.42 Å². The Morgan fingerprint density at radius 2 is 1.96 bits per heavy atom. The number of hydrogen-bond acceptors (Lipinski definition) is 5. The standard InChI is InChI=1S/C21H20N4S/c1-15-2-5-18(6-3-15)25-14-24-13-22-20-7-4-16(10-17-8-9-26-12-17)11-19(20)21(24)23-25/h2-9,11-12,22H,10,13-14H2,1H3. The van der Waals surface area contributed by atoms with Crippen LogP contribution in [0.4, 0.5) is 11.4 Å². The number of nitrogens with one attached hydrogen (secondary N) is 1. The van der Waals surface area contributed by atoms with Crippen LogP contribution in [0.5, 0.6) is 0 Å². The van der Waals surface area contributed by atoms with Crippen molar-refractivity contribution >= 4 is 28.5 Å². The van der Waals surface area contributed by atoms with Gasteiger partial charge in [-0.3, -0.25) is 0 Å². The zero-order chi connectivity index (χ0) is 17.5. The van der Waals surface area contributed by atoms with Crippen LogP contribution in [0.25, 0.3) is 0 Å². The molecule has 2 aliphatic heterocycles. The number of aryl methyl sites for hydroxylation is 1. The van der Waals surface area contributed by atoms with Crippen LogP contribution in [-0.4, -0.2) is 24.1 Å². The predicted octanol–water partition coefficient (Wildman–Crippen LogP) is 4.47. The molecule has 5 heteroatoms. The minimum absolute atomic E-state index is 0.777. The Balaban J connectivity index is 1.48. The molecule has 0 saturated heterocycles. The Morgan fingerprint density at radius 3 is 2.77 bits per heavy atom. The Morgan fingerprint density at radius 1 is 1.08 bits per heavy atom. The lowest BCUT2D eigenvalue weighted by Gasteiger charge is -2.28. The van der Waals surface area contributed by atoms with Gasteiger partial charge in [0.1, 0.15) is 6.67 Å². The lowest BCUT2D eigenvalue weighted by atomic mass is 10.0. The highest BCUT2D eigenvalue weighted by Crippen LogP contribution is 2.30. The van der Waals surface area contributed by atoms with Gasteiger partial charge in [-0.2, -0.15) is 16.4 Å². The SMILES string of the molecule is Cc1ccc(N2CN3CNc4ccc(Cc5ccsc5)cc4C3=N2)cc1. The number of amidine groups is 1. The van der Waals surface area contributed by atoms with E-state index in [-0.39, 0.29) is 0 Å². The fourth-order valence-corrected chi connectivity index (χ4v) is 4.16. The number of hydrogen-bond donors (Lipinski definition) is 1. The highest BCUT2D eigenvalue weighted by atomic mass is 32.1. The van der Waals surface area contributed by atoms with Gasteiger partial charge in [-0.25, -0.2) is 5.01 Å². The number of fused-ring (bicyclic) bond motifs is 3. The lowest BCUT2D eigenvalue weighted by molar-refractivity contribution is 0.472. The number of rotatable bonds is 3. The molecule has 3 heterocycles. The molecule has 1 N–H and O–H groups in total. The highest BCUT2D eigenvalue weighted by molar-refractivity contribution is 7.07. The van der Waals surface area contributed by atoms with E-state index in [1.165, 1.54) is 27.9 Å². The number of benzene rings is 2. The molecule has 1 aromatic heterocycles. The third kappa shape index (κ3) is 2.74. The van der Waals surface area contributed by atoms with Crippen molar-refractivity contribution in [2.24, 2.45) is 5.10 Å². The fourth-order valence-electron chi connectivity index (χ4n) is 3.49. The van der Waals surface area contributed by atoms with Crippen molar-refractivity contribution in [2.75, 3.05) is 23.7 Å². The summed E-state index contributed by atoms with van der Waals surface area (Å²) >= 11 is 1.75. The Labute approximate surface area is 157 Å². The van der Waals surface area contributed by atoms with Crippen LogP contribution in [0.2, 0.25) is 0 Å². The molecule has 130 valence electrons. The van der Waals surface area contributed by atoms with Crippen molar-refractivity contribution < 1.29 is 0 Å². The second kappa shape index (κ2) is 6.18. The van der Waals surface area contributed by atoms with Gasteiger partial charge < -0.3 is 10.2 Å². The van der Waals surface area contributed by atoms with Crippen molar-refractivity contribution in [1.82, 2.24) is 4.90 Å². The minimum Gasteiger partial charge on any atom is -0.367 e. The molecule has 0 aliphatic carbocycles. The third-order valence-electron chi connectivity index (χ3n) is 4.93. The molecule has 0 spiro atoms. The van der Waals surface area contributed by atoms with Gasteiger partial charge in [-0.1, -0.05) is 23.8 Å². The van der Waals surface area contributed by atoms with Crippen LogP contribution < -0.4 is 10.3 Å². The first kappa shape index (κ1) is 15.5. The van der Waals surface area contributed by atoms with E-state index in [1.54, 1.807) is 11.3 Å². The summed E-state index contributed by atoms with van der Waals surface area (Å²) in [5, 5.41) is 14.9. The molecule has 0 fully saturated rings. The van der Waals surface area contributed by atoms with Crippen molar-refractivity contribution in [3.05, 3.63) is 81.5 Å². The van der Waals surface area contributed by atoms with Crippen molar-refractivity contribution in [3.63, 3.8) is 0 Å². The zero-order valence-electron chi connectivity index (χ0n) is 14.6. The van der Waals surface area contributed by atoms with Gasteiger partial charge >= 0.3 is 0 Å². The van der Waals surface area contributed by atoms with E-state index in [0.717, 1.165) is 31.3 Å². The molecule has 0 radical (unpaired) electrons. The number of thiophene rings is 1. The summed E-state index contributed by atoms with van der Waals surface area (Å²) in [6, 6.07) is 17.4. The molecular formula is C21H20N4S. The molecule has 2 aromatic carbocycles. The summed E-state index contributed by atoms with van der Waals surface area (Å²) in [7, 11) is 0. The topological polar surface area (TPSA) is 30.9 Å². The van der Waals surface area contributed by atoms with Gasteiger partial charge in [0.2, 0.25) is 0 Å². The van der Waals surface area contributed by atoms with Crippen LogP contribution in [0.3, 0.4) is 0 Å². The molecule has 4 nitrogen and oxygen atoms in total.